The number of carbonyl (C=O) groups excluding carboxylic acids is 1. The van der Waals surface area contributed by atoms with E-state index in [0.717, 1.165) is 50.4 Å². The third-order valence-electron chi connectivity index (χ3n) is 5.25. The molecule has 3 aromatic heterocycles. The fourth-order valence-electron chi connectivity index (χ4n) is 3.67. The first-order valence-corrected chi connectivity index (χ1v) is 9.57. The van der Waals surface area contributed by atoms with E-state index in [-0.39, 0.29) is 17.9 Å². The highest BCUT2D eigenvalue weighted by atomic mass is 16.3. The molecule has 1 fully saturated rings. The van der Waals surface area contributed by atoms with Gasteiger partial charge in [-0.1, -0.05) is 6.92 Å². The molecule has 0 bridgehead atoms. The van der Waals surface area contributed by atoms with Crippen LogP contribution in [0.25, 0.3) is 5.78 Å². The lowest BCUT2D eigenvalue weighted by atomic mass is 9.95. The molecule has 0 aromatic carbocycles. The van der Waals surface area contributed by atoms with Crippen molar-refractivity contribution in [3.63, 3.8) is 0 Å². The molecule has 142 valence electrons. The second-order valence-corrected chi connectivity index (χ2v) is 7.09. The molecule has 3 aromatic rings. The van der Waals surface area contributed by atoms with Crippen molar-refractivity contribution in [3.8, 4) is 0 Å². The SMILES string of the molecule is CC[C@@H](NC(=O)C1CCN(Cc2ccco2)CC1)c1cn2cccnc2n1. The van der Waals surface area contributed by atoms with Crippen LogP contribution in [0.5, 0.6) is 0 Å². The third-order valence-corrected chi connectivity index (χ3v) is 5.25. The fourth-order valence-corrected chi connectivity index (χ4v) is 3.67. The summed E-state index contributed by atoms with van der Waals surface area (Å²) in [6, 6.07) is 5.69. The Morgan fingerprint density at radius 1 is 1.37 bits per heavy atom. The number of likely N-dealkylation sites (tertiary alicyclic amines) is 1. The molecule has 4 rings (SSSR count). The zero-order valence-corrected chi connectivity index (χ0v) is 15.5. The lowest BCUT2D eigenvalue weighted by Crippen LogP contribution is -2.41. The molecule has 1 atom stereocenters. The van der Waals surface area contributed by atoms with Crippen molar-refractivity contribution >= 4 is 11.7 Å². The third kappa shape index (κ3) is 4.03. The maximum absolute atomic E-state index is 12.8. The van der Waals surface area contributed by atoms with E-state index in [4.69, 9.17) is 4.42 Å². The smallest absolute Gasteiger partial charge is 0.233 e. The van der Waals surface area contributed by atoms with Gasteiger partial charge in [-0.05, 0) is 50.6 Å². The van der Waals surface area contributed by atoms with Crippen LogP contribution in [0, 0.1) is 5.92 Å². The minimum atomic E-state index is -0.0830. The van der Waals surface area contributed by atoms with Crippen LogP contribution in [0.2, 0.25) is 0 Å². The molecular weight excluding hydrogens is 342 g/mol. The normalized spacial score (nSPS) is 17.2. The monoisotopic (exact) mass is 367 g/mol. The summed E-state index contributed by atoms with van der Waals surface area (Å²) in [5, 5.41) is 3.19. The van der Waals surface area contributed by atoms with Gasteiger partial charge in [0.05, 0.1) is 24.5 Å². The van der Waals surface area contributed by atoms with Crippen molar-refractivity contribution in [1.82, 2.24) is 24.6 Å². The average molecular weight is 367 g/mol. The van der Waals surface area contributed by atoms with Crippen LogP contribution in [-0.2, 0) is 11.3 Å². The van der Waals surface area contributed by atoms with Crippen molar-refractivity contribution in [2.75, 3.05) is 13.1 Å². The topological polar surface area (TPSA) is 75.7 Å². The lowest BCUT2D eigenvalue weighted by Gasteiger charge is -2.31. The highest BCUT2D eigenvalue weighted by Gasteiger charge is 2.27. The van der Waals surface area contributed by atoms with Crippen molar-refractivity contribution < 1.29 is 9.21 Å². The molecule has 0 aliphatic carbocycles. The Morgan fingerprint density at radius 2 is 2.22 bits per heavy atom. The molecule has 27 heavy (non-hydrogen) atoms. The number of carbonyl (C=O) groups is 1. The number of furan rings is 1. The summed E-state index contributed by atoms with van der Waals surface area (Å²) in [4.78, 5) is 23.9. The number of piperidine rings is 1. The molecule has 1 N–H and O–H groups in total. The van der Waals surface area contributed by atoms with E-state index < -0.39 is 0 Å². The number of fused-ring (bicyclic) bond motifs is 1. The van der Waals surface area contributed by atoms with Crippen LogP contribution in [0.1, 0.15) is 43.7 Å². The molecule has 1 aliphatic heterocycles. The number of aromatic nitrogens is 3. The summed E-state index contributed by atoms with van der Waals surface area (Å²) in [6.07, 6.45) is 9.83. The molecule has 0 unspecified atom stereocenters. The minimum Gasteiger partial charge on any atom is -0.468 e. The van der Waals surface area contributed by atoms with Gasteiger partial charge in [-0.3, -0.25) is 14.1 Å². The summed E-state index contributed by atoms with van der Waals surface area (Å²) >= 11 is 0. The summed E-state index contributed by atoms with van der Waals surface area (Å²) in [7, 11) is 0. The van der Waals surface area contributed by atoms with Crippen molar-refractivity contribution in [1.29, 1.82) is 0 Å². The van der Waals surface area contributed by atoms with E-state index in [1.165, 1.54) is 0 Å². The van der Waals surface area contributed by atoms with Crippen molar-refractivity contribution in [2.45, 2.75) is 38.8 Å². The molecule has 1 saturated heterocycles. The Hall–Kier alpha value is -2.67. The lowest BCUT2D eigenvalue weighted by molar-refractivity contribution is -0.127. The maximum Gasteiger partial charge on any atom is 0.233 e. The number of imidazole rings is 1. The Labute approximate surface area is 158 Å². The summed E-state index contributed by atoms with van der Waals surface area (Å²) < 4.78 is 7.30. The van der Waals surface area contributed by atoms with Crippen LogP contribution in [0.4, 0.5) is 0 Å². The Kier molecular flexibility index (Phi) is 5.20. The quantitative estimate of drug-likeness (QED) is 0.725. The van der Waals surface area contributed by atoms with Gasteiger partial charge in [0.25, 0.3) is 0 Å². The molecule has 1 amide bonds. The second-order valence-electron chi connectivity index (χ2n) is 7.09. The number of nitrogens with one attached hydrogen (secondary N) is 1. The maximum atomic E-state index is 12.8. The van der Waals surface area contributed by atoms with Crippen LogP contribution in [-0.4, -0.2) is 38.3 Å². The van der Waals surface area contributed by atoms with Gasteiger partial charge in [-0.25, -0.2) is 9.97 Å². The molecule has 0 spiro atoms. The summed E-state index contributed by atoms with van der Waals surface area (Å²) in [6.45, 7) is 4.70. The van der Waals surface area contributed by atoms with E-state index in [1.807, 2.05) is 35.0 Å². The Balaban J connectivity index is 1.34. The van der Waals surface area contributed by atoms with Crippen LogP contribution >= 0.6 is 0 Å². The predicted molar refractivity (Wildman–Crippen MR) is 101 cm³/mol. The van der Waals surface area contributed by atoms with Crippen molar-refractivity contribution in [2.24, 2.45) is 5.92 Å². The van der Waals surface area contributed by atoms with Gasteiger partial charge in [0.2, 0.25) is 11.7 Å². The van der Waals surface area contributed by atoms with Crippen molar-refractivity contribution in [3.05, 3.63) is 54.5 Å². The van der Waals surface area contributed by atoms with Gasteiger partial charge in [0, 0.05) is 24.5 Å². The highest BCUT2D eigenvalue weighted by molar-refractivity contribution is 5.79. The summed E-state index contributed by atoms with van der Waals surface area (Å²) in [5.41, 5.74) is 0.861. The molecule has 0 saturated carbocycles. The first-order valence-electron chi connectivity index (χ1n) is 9.57. The molecule has 7 nitrogen and oxygen atoms in total. The zero-order valence-electron chi connectivity index (χ0n) is 15.5. The Morgan fingerprint density at radius 3 is 2.93 bits per heavy atom. The average Bonchev–Trinajstić information content (AvgIpc) is 3.35. The highest BCUT2D eigenvalue weighted by Crippen LogP contribution is 2.22. The minimum absolute atomic E-state index is 0.0575. The van der Waals surface area contributed by atoms with E-state index in [1.54, 1.807) is 12.5 Å². The fraction of sp³-hybridized carbons (Fsp3) is 0.450. The van der Waals surface area contributed by atoms with Gasteiger partial charge >= 0.3 is 0 Å². The van der Waals surface area contributed by atoms with Crippen LogP contribution in [0.15, 0.2) is 47.5 Å². The first kappa shape index (κ1) is 17.7. The first-order chi connectivity index (χ1) is 13.2. The standard InChI is InChI=1S/C20H25N5O2/c1-2-17(18-14-25-9-4-8-21-20(25)23-18)22-19(26)15-6-10-24(11-7-15)13-16-5-3-12-27-16/h3-5,8-9,12,14-15,17H,2,6-7,10-11,13H2,1H3,(H,22,26)/t17-/m1/s1. The number of hydrogen-bond acceptors (Lipinski definition) is 5. The Bertz CT molecular complexity index is 848. The van der Waals surface area contributed by atoms with Gasteiger partial charge < -0.3 is 9.73 Å². The van der Waals surface area contributed by atoms with Gasteiger partial charge in [0.15, 0.2) is 0 Å². The largest absolute Gasteiger partial charge is 0.468 e. The van der Waals surface area contributed by atoms with Crippen LogP contribution < -0.4 is 5.32 Å². The molecule has 0 radical (unpaired) electrons. The summed E-state index contributed by atoms with van der Waals surface area (Å²) in [5.74, 6) is 1.82. The number of nitrogens with zero attached hydrogens (tertiary/aromatic N) is 4. The van der Waals surface area contributed by atoms with E-state index >= 15 is 0 Å². The van der Waals surface area contributed by atoms with Gasteiger partial charge in [-0.15, -0.1) is 0 Å². The molecule has 1 aliphatic rings. The van der Waals surface area contributed by atoms with E-state index in [9.17, 15) is 4.79 Å². The predicted octanol–water partition coefficient (Wildman–Crippen LogP) is 2.80. The van der Waals surface area contributed by atoms with E-state index in [0.29, 0.717) is 5.78 Å². The number of hydrogen-bond donors (Lipinski definition) is 1. The number of amides is 1. The number of rotatable bonds is 6. The van der Waals surface area contributed by atoms with E-state index in [2.05, 4.69) is 27.1 Å². The second kappa shape index (κ2) is 7.92. The van der Waals surface area contributed by atoms with Gasteiger partial charge in [-0.2, -0.15) is 0 Å². The zero-order chi connectivity index (χ0) is 18.6. The van der Waals surface area contributed by atoms with Gasteiger partial charge in [0.1, 0.15) is 5.76 Å². The molecular formula is C20H25N5O2. The van der Waals surface area contributed by atoms with Crippen LogP contribution in [0.3, 0.4) is 0 Å². The molecule has 7 heteroatoms. The molecule has 4 heterocycles.